The van der Waals surface area contributed by atoms with Crippen molar-refractivity contribution in [3.8, 4) is 0 Å². The van der Waals surface area contributed by atoms with Crippen LogP contribution in [0.4, 0.5) is 5.82 Å². The van der Waals surface area contributed by atoms with E-state index in [1.165, 1.54) is 29.9 Å². The summed E-state index contributed by atoms with van der Waals surface area (Å²) in [5.41, 5.74) is 3.48. The molecule has 1 N–H and O–H groups in total. The zero-order valence-corrected chi connectivity index (χ0v) is 16.0. The first kappa shape index (κ1) is 16.8. The molecular formula is C21H27N5O. The second-order valence-electron chi connectivity index (χ2n) is 8.27. The SMILES string of the molecule is Cc1nc(N2CCCC2)c2c(n1)C1(CC2)CCN(C(=O)c2ccc[nH]2)CC1. The number of carbonyl (C=O) groups is 1. The molecule has 1 aliphatic carbocycles. The Bertz CT molecular complexity index is 846. The molecule has 2 saturated heterocycles. The van der Waals surface area contributed by atoms with Gasteiger partial charge < -0.3 is 14.8 Å². The number of hydrogen-bond donors (Lipinski definition) is 1. The summed E-state index contributed by atoms with van der Waals surface area (Å²) < 4.78 is 0. The third-order valence-electron chi connectivity index (χ3n) is 6.69. The summed E-state index contributed by atoms with van der Waals surface area (Å²) in [6.45, 7) is 5.87. The van der Waals surface area contributed by atoms with Gasteiger partial charge in [-0.3, -0.25) is 4.79 Å². The van der Waals surface area contributed by atoms with Gasteiger partial charge in [-0.15, -0.1) is 0 Å². The van der Waals surface area contributed by atoms with E-state index in [1.807, 2.05) is 30.2 Å². The number of rotatable bonds is 2. The van der Waals surface area contributed by atoms with Crippen LogP contribution in [0.3, 0.4) is 0 Å². The van der Waals surface area contributed by atoms with Crippen LogP contribution < -0.4 is 4.90 Å². The molecule has 2 aromatic rings. The molecule has 0 atom stereocenters. The zero-order chi connectivity index (χ0) is 18.4. The number of anilines is 1. The fourth-order valence-electron chi connectivity index (χ4n) is 5.18. The summed E-state index contributed by atoms with van der Waals surface area (Å²) in [4.78, 5) is 29.9. The van der Waals surface area contributed by atoms with Crippen LogP contribution in [0.15, 0.2) is 18.3 Å². The molecule has 5 rings (SSSR count). The number of aromatic amines is 1. The van der Waals surface area contributed by atoms with Gasteiger partial charge in [-0.2, -0.15) is 0 Å². The highest BCUT2D eigenvalue weighted by molar-refractivity contribution is 5.92. The van der Waals surface area contributed by atoms with Gasteiger partial charge in [0.05, 0.1) is 5.69 Å². The number of carbonyl (C=O) groups excluding carboxylic acids is 1. The van der Waals surface area contributed by atoms with Gasteiger partial charge in [0.1, 0.15) is 17.3 Å². The van der Waals surface area contributed by atoms with E-state index in [4.69, 9.17) is 9.97 Å². The van der Waals surface area contributed by atoms with Gasteiger partial charge in [0.2, 0.25) is 0 Å². The van der Waals surface area contributed by atoms with Gasteiger partial charge in [0.25, 0.3) is 5.91 Å². The van der Waals surface area contributed by atoms with Crippen molar-refractivity contribution < 1.29 is 4.79 Å². The molecule has 142 valence electrons. The maximum Gasteiger partial charge on any atom is 0.270 e. The number of aromatic nitrogens is 3. The van der Waals surface area contributed by atoms with E-state index < -0.39 is 0 Å². The molecule has 1 amide bonds. The Hall–Kier alpha value is -2.37. The average molecular weight is 365 g/mol. The van der Waals surface area contributed by atoms with Crippen LogP contribution in [-0.2, 0) is 11.8 Å². The highest BCUT2D eigenvalue weighted by Gasteiger charge is 2.45. The molecule has 4 heterocycles. The molecule has 1 spiro atoms. The lowest BCUT2D eigenvalue weighted by molar-refractivity contribution is 0.0658. The van der Waals surface area contributed by atoms with Crippen LogP contribution in [0.5, 0.6) is 0 Å². The zero-order valence-electron chi connectivity index (χ0n) is 16.0. The minimum Gasteiger partial charge on any atom is -0.357 e. The molecule has 27 heavy (non-hydrogen) atoms. The molecule has 6 heteroatoms. The third-order valence-corrected chi connectivity index (χ3v) is 6.69. The monoisotopic (exact) mass is 365 g/mol. The van der Waals surface area contributed by atoms with E-state index in [0.29, 0.717) is 5.69 Å². The average Bonchev–Trinajstić information content (AvgIpc) is 3.44. The van der Waals surface area contributed by atoms with Crippen molar-refractivity contribution in [2.24, 2.45) is 0 Å². The first-order chi connectivity index (χ1) is 13.2. The van der Waals surface area contributed by atoms with Crippen molar-refractivity contribution in [1.29, 1.82) is 0 Å². The summed E-state index contributed by atoms with van der Waals surface area (Å²) in [7, 11) is 0. The second kappa shape index (κ2) is 6.36. The predicted molar refractivity (Wildman–Crippen MR) is 104 cm³/mol. The minimum absolute atomic E-state index is 0.115. The number of aryl methyl sites for hydroxylation is 1. The standard InChI is InChI=1S/C21H27N5O/c1-15-23-18-16(19(24-15)25-11-2-3-12-25)6-7-21(18)8-13-26(14-9-21)20(27)17-5-4-10-22-17/h4-5,10,22H,2-3,6-9,11-14H2,1H3. The van der Waals surface area contributed by atoms with Crippen molar-refractivity contribution in [3.63, 3.8) is 0 Å². The topological polar surface area (TPSA) is 65.1 Å². The van der Waals surface area contributed by atoms with Crippen LogP contribution in [0, 0.1) is 6.92 Å². The number of H-pyrrole nitrogens is 1. The van der Waals surface area contributed by atoms with Gasteiger partial charge in [0.15, 0.2) is 0 Å². The number of amides is 1. The normalized spacial score (nSPS) is 21.1. The number of nitrogens with one attached hydrogen (secondary N) is 1. The van der Waals surface area contributed by atoms with E-state index in [2.05, 4.69) is 9.88 Å². The summed E-state index contributed by atoms with van der Waals surface area (Å²) in [6.07, 6.45) is 8.56. The number of hydrogen-bond acceptors (Lipinski definition) is 4. The van der Waals surface area contributed by atoms with E-state index in [0.717, 1.165) is 57.7 Å². The number of fused-ring (bicyclic) bond motifs is 2. The minimum atomic E-state index is 0.115. The van der Waals surface area contributed by atoms with Crippen LogP contribution >= 0.6 is 0 Å². The van der Waals surface area contributed by atoms with Gasteiger partial charge in [-0.25, -0.2) is 9.97 Å². The van der Waals surface area contributed by atoms with Crippen LogP contribution in [-0.4, -0.2) is 51.9 Å². The molecule has 2 aliphatic heterocycles. The molecule has 0 aromatic carbocycles. The molecule has 0 unspecified atom stereocenters. The van der Waals surface area contributed by atoms with Crippen LogP contribution in [0.2, 0.25) is 0 Å². The summed E-state index contributed by atoms with van der Waals surface area (Å²) >= 11 is 0. The molecule has 0 radical (unpaired) electrons. The summed E-state index contributed by atoms with van der Waals surface area (Å²) in [5.74, 6) is 2.20. The van der Waals surface area contributed by atoms with E-state index >= 15 is 0 Å². The Kier molecular flexibility index (Phi) is 3.95. The van der Waals surface area contributed by atoms with E-state index in [-0.39, 0.29) is 11.3 Å². The van der Waals surface area contributed by atoms with Crippen molar-refractivity contribution in [1.82, 2.24) is 19.9 Å². The quantitative estimate of drug-likeness (QED) is 0.889. The fourth-order valence-corrected chi connectivity index (χ4v) is 5.18. The van der Waals surface area contributed by atoms with Crippen molar-refractivity contribution >= 4 is 11.7 Å². The maximum absolute atomic E-state index is 12.7. The third kappa shape index (κ3) is 2.73. The van der Waals surface area contributed by atoms with Gasteiger partial charge >= 0.3 is 0 Å². The van der Waals surface area contributed by atoms with Gasteiger partial charge in [0, 0.05) is 43.4 Å². The number of nitrogens with zero attached hydrogens (tertiary/aromatic N) is 4. The Balaban J connectivity index is 1.40. The maximum atomic E-state index is 12.7. The van der Waals surface area contributed by atoms with E-state index in [1.54, 1.807) is 0 Å². The molecule has 0 bridgehead atoms. The molecule has 6 nitrogen and oxygen atoms in total. The summed E-state index contributed by atoms with van der Waals surface area (Å²) in [5, 5.41) is 0. The van der Waals surface area contributed by atoms with Crippen LogP contribution in [0.25, 0.3) is 0 Å². The van der Waals surface area contributed by atoms with Gasteiger partial charge in [-0.05, 0) is 57.6 Å². The fraction of sp³-hybridized carbons (Fsp3) is 0.571. The van der Waals surface area contributed by atoms with Crippen molar-refractivity contribution in [2.45, 2.75) is 50.9 Å². The number of piperidine rings is 1. The predicted octanol–water partition coefficient (Wildman–Crippen LogP) is 2.83. The second-order valence-corrected chi connectivity index (χ2v) is 8.27. The van der Waals surface area contributed by atoms with Crippen LogP contribution in [0.1, 0.15) is 59.7 Å². The Labute approximate surface area is 160 Å². The first-order valence-electron chi connectivity index (χ1n) is 10.2. The Morgan fingerprint density at radius 1 is 1.11 bits per heavy atom. The Morgan fingerprint density at radius 2 is 1.89 bits per heavy atom. The first-order valence-corrected chi connectivity index (χ1v) is 10.2. The van der Waals surface area contributed by atoms with Crippen molar-refractivity contribution in [3.05, 3.63) is 41.1 Å². The van der Waals surface area contributed by atoms with E-state index in [9.17, 15) is 4.79 Å². The molecular weight excluding hydrogens is 338 g/mol. The highest BCUT2D eigenvalue weighted by Crippen LogP contribution is 2.47. The lowest BCUT2D eigenvalue weighted by atomic mass is 9.76. The lowest BCUT2D eigenvalue weighted by Crippen LogP contribution is -2.44. The lowest BCUT2D eigenvalue weighted by Gasteiger charge is -2.39. The largest absolute Gasteiger partial charge is 0.357 e. The molecule has 0 saturated carbocycles. The number of likely N-dealkylation sites (tertiary alicyclic amines) is 1. The smallest absolute Gasteiger partial charge is 0.270 e. The highest BCUT2D eigenvalue weighted by atomic mass is 16.2. The van der Waals surface area contributed by atoms with Gasteiger partial charge in [-0.1, -0.05) is 0 Å². The van der Waals surface area contributed by atoms with Crippen molar-refractivity contribution in [2.75, 3.05) is 31.1 Å². The molecule has 3 aliphatic rings. The molecule has 2 fully saturated rings. The Morgan fingerprint density at radius 3 is 2.59 bits per heavy atom. The summed E-state index contributed by atoms with van der Waals surface area (Å²) in [6, 6.07) is 3.74. The molecule has 2 aromatic heterocycles.